The molecule has 1 unspecified atom stereocenters. The van der Waals surface area contributed by atoms with Gasteiger partial charge in [-0.05, 0) is 18.6 Å². The summed E-state index contributed by atoms with van der Waals surface area (Å²) in [7, 11) is 0. The third-order valence-corrected chi connectivity index (χ3v) is 2.92. The van der Waals surface area contributed by atoms with Gasteiger partial charge in [-0.2, -0.15) is 0 Å². The molecule has 2 aromatic carbocycles. The largest absolute Gasteiger partial charge is 0.490 e. The Morgan fingerprint density at radius 2 is 1.65 bits per heavy atom. The SMILES string of the molecule is CCOCC(O)COc1ccccc1-c1ccccc1. The quantitative estimate of drug-likeness (QED) is 0.841. The van der Waals surface area contributed by atoms with E-state index >= 15 is 0 Å². The topological polar surface area (TPSA) is 38.7 Å². The van der Waals surface area contributed by atoms with E-state index in [0.29, 0.717) is 13.2 Å². The Kier molecular flexibility index (Phi) is 5.59. The van der Waals surface area contributed by atoms with Crippen LogP contribution in [0.3, 0.4) is 0 Å². The number of benzene rings is 2. The van der Waals surface area contributed by atoms with Crippen molar-refractivity contribution in [1.82, 2.24) is 0 Å². The van der Waals surface area contributed by atoms with Crippen LogP contribution >= 0.6 is 0 Å². The molecule has 0 aliphatic carbocycles. The molecule has 3 nitrogen and oxygen atoms in total. The van der Waals surface area contributed by atoms with Crippen LogP contribution in [0.2, 0.25) is 0 Å². The maximum Gasteiger partial charge on any atom is 0.127 e. The maximum absolute atomic E-state index is 9.75. The Morgan fingerprint density at radius 1 is 0.950 bits per heavy atom. The fourth-order valence-corrected chi connectivity index (χ4v) is 1.94. The van der Waals surface area contributed by atoms with Crippen molar-refractivity contribution in [2.75, 3.05) is 19.8 Å². The third kappa shape index (κ3) is 4.08. The van der Waals surface area contributed by atoms with Crippen LogP contribution in [0.4, 0.5) is 0 Å². The molecule has 20 heavy (non-hydrogen) atoms. The average Bonchev–Trinajstić information content (AvgIpc) is 2.52. The summed E-state index contributed by atoms with van der Waals surface area (Å²) in [5, 5.41) is 9.75. The Bertz CT molecular complexity index is 511. The molecule has 0 aliphatic heterocycles. The summed E-state index contributed by atoms with van der Waals surface area (Å²) < 4.78 is 10.9. The highest BCUT2D eigenvalue weighted by molar-refractivity contribution is 5.70. The number of aliphatic hydroxyl groups excluding tert-OH is 1. The Morgan fingerprint density at radius 3 is 2.40 bits per heavy atom. The molecular formula is C17H20O3. The van der Waals surface area contributed by atoms with E-state index < -0.39 is 6.10 Å². The first-order valence-electron chi connectivity index (χ1n) is 6.84. The monoisotopic (exact) mass is 272 g/mol. The molecule has 3 heteroatoms. The molecule has 0 saturated heterocycles. The molecule has 0 spiro atoms. The first-order chi connectivity index (χ1) is 9.81. The van der Waals surface area contributed by atoms with Crippen LogP contribution in [0.1, 0.15) is 6.92 Å². The summed E-state index contributed by atoms with van der Waals surface area (Å²) in [5.74, 6) is 0.772. The minimum absolute atomic E-state index is 0.226. The van der Waals surface area contributed by atoms with Crippen LogP contribution in [0.5, 0.6) is 5.75 Å². The van der Waals surface area contributed by atoms with Crippen molar-refractivity contribution >= 4 is 0 Å². The molecule has 1 atom stereocenters. The van der Waals surface area contributed by atoms with Gasteiger partial charge in [0.1, 0.15) is 18.5 Å². The van der Waals surface area contributed by atoms with Gasteiger partial charge in [0.15, 0.2) is 0 Å². The van der Waals surface area contributed by atoms with Crippen molar-refractivity contribution in [2.45, 2.75) is 13.0 Å². The van der Waals surface area contributed by atoms with Gasteiger partial charge in [-0.15, -0.1) is 0 Å². The van der Waals surface area contributed by atoms with Gasteiger partial charge in [0.25, 0.3) is 0 Å². The van der Waals surface area contributed by atoms with Crippen LogP contribution in [0.15, 0.2) is 54.6 Å². The second-order valence-corrected chi connectivity index (χ2v) is 4.49. The van der Waals surface area contributed by atoms with E-state index in [9.17, 15) is 5.11 Å². The minimum atomic E-state index is -0.612. The highest BCUT2D eigenvalue weighted by Gasteiger charge is 2.09. The van der Waals surface area contributed by atoms with Crippen molar-refractivity contribution in [3.05, 3.63) is 54.6 Å². The van der Waals surface area contributed by atoms with Gasteiger partial charge in [0.05, 0.1) is 6.61 Å². The maximum atomic E-state index is 9.75. The zero-order valence-electron chi connectivity index (χ0n) is 11.7. The van der Waals surface area contributed by atoms with Crippen molar-refractivity contribution in [1.29, 1.82) is 0 Å². The summed E-state index contributed by atoms with van der Waals surface area (Å²) in [4.78, 5) is 0. The van der Waals surface area contributed by atoms with Crippen LogP contribution in [0.25, 0.3) is 11.1 Å². The lowest BCUT2D eigenvalue weighted by Crippen LogP contribution is -2.23. The molecular weight excluding hydrogens is 252 g/mol. The van der Waals surface area contributed by atoms with Gasteiger partial charge in [0, 0.05) is 12.2 Å². The van der Waals surface area contributed by atoms with Crippen molar-refractivity contribution in [2.24, 2.45) is 0 Å². The molecule has 0 fully saturated rings. The van der Waals surface area contributed by atoms with E-state index in [1.165, 1.54) is 0 Å². The summed E-state index contributed by atoms with van der Waals surface area (Å²) in [6.07, 6.45) is -0.612. The van der Waals surface area contributed by atoms with E-state index in [2.05, 4.69) is 0 Å². The predicted octanol–water partition coefficient (Wildman–Crippen LogP) is 3.13. The second kappa shape index (κ2) is 7.68. The van der Waals surface area contributed by atoms with E-state index in [4.69, 9.17) is 9.47 Å². The Hall–Kier alpha value is -1.84. The lowest BCUT2D eigenvalue weighted by molar-refractivity contribution is 0.0165. The van der Waals surface area contributed by atoms with Crippen LogP contribution in [-0.2, 0) is 4.74 Å². The molecule has 2 aromatic rings. The van der Waals surface area contributed by atoms with E-state index in [0.717, 1.165) is 16.9 Å². The molecule has 0 aliphatic rings. The molecule has 0 aromatic heterocycles. The van der Waals surface area contributed by atoms with Crippen molar-refractivity contribution in [3.8, 4) is 16.9 Å². The predicted molar refractivity (Wildman–Crippen MR) is 79.9 cm³/mol. The average molecular weight is 272 g/mol. The van der Waals surface area contributed by atoms with Gasteiger partial charge in [0.2, 0.25) is 0 Å². The van der Waals surface area contributed by atoms with Gasteiger partial charge in [-0.1, -0.05) is 48.5 Å². The molecule has 0 saturated carbocycles. The van der Waals surface area contributed by atoms with Crippen LogP contribution in [0, 0.1) is 0 Å². The molecule has 2 rings (SSSR count). The van der Waals surface area contributed by atoms with Crippen LogP contribution in [-0.4, -0.2) is 31.0 Å². The smallest absolute Gasteiger partial charge is 0.127 e. The van der Waals surface area contributed by atoms with Gasteiger partial charge < -0.3 is 14.6 Å². The van der Waals surface area contributed by atoms with Gasteiger partial charge >= 0.3 is 0 Å². The summed E-state index contributed by atoms with van der Waals surface area (Å²) in [6.45, 7) is 3.02. The first kappa shape index (κ1) is 14.6. The molecule has 0 radical (unpaired) electrons. The fraction of sp³-hybridized carbons (Fsp3) is 0.294. The first-order valence-corrected chi connectivity index (χ1v) is 6.84. The molecule has 1 N–H and O–H groups in total. The molecule has 106 valence electrons. The number of hydrogen-bond donors (Lipinski definition) is 1. The standard InChI is InChI=1S/C17H20O3/c1-2-19-12-15(18)13-20-17-11-7-6-10-16(17)14-8-4-3-5-9-14/h3-11,15,18H,2,12-13H2,1H3. The zero-order valence-corrected chi connectivity index (χ0v) is 11.7. The van der Waals surface area contributed by atoms with Crippen LogP contribution < -0.4 is 4.74 Å². The van der Waals surface area contributed by atoms with Crippen molar-refractivity contribution in [3.63, 3.8) is 0 Å². The van der Waals surface area contributed by atoms with Gasteiger partial charge in [-0.3, -0.25) is 0 Å². The van der Waals surface area contributed by atoms with E-state index in [1.807, 2.05) is 61.5 Å². The zero-order chi connectivity index (χ0) is 14.2. The fourth-order valence-electron chi connectivity index (χ4n) is 1.94. The number of para-hydroxylation sites is 1. The number of rotatable bonds is 7. The normalized spacial score (nSPS) is 12.1. The highest BCUT2D eigenvalue weighted by atomic mass is 16.5. The molecule has 0 amide bonds. The van der Waals surface area contributed by atoms with Crippen molar-refractivity contribution < 1.29 is 14.6 Å². The molecule has 0 heterocycles. The lowest BCUT2D eigenvalue weighted by atomic mass is 10.1. The Balaban J connectivity index is 2.05. The van der Waals surface area contributed by atoms with E-state index in [1.54, 1.807) is 0 Å². The minimum Gasteiger partial charge on any atom is -0.490 e. The summed E-state index contributed by atoms with van der Waals surface area (Å²) in [5.41, 5.74) is 2.12. The number of hydrogen-bond acceptors (Lipinski definition) is 3. The van der Waals surface area contributed by atoms with Gasteiger partial charge in [-0.25, -0.2) is 0 Å². The Labute approximate surface area is 119 Å². The lowest BCUT2D eigenvalue weighted by Gasteiger charge is -2.15. The molecule has 0 bridgehead atoms. The van der Waals surface area contributed by atoms with E-state index in [-0.39, 0.29) is 6.61 Å². The number of aliphatic hydroxyl groups is 1. The summed E-state index contributed by atoms with van der Waals surface area (Å²) >= 11 is 0. The second-order valence-electron chi connectivity index (χ2n) is 4.49. The number of ether oxygens (including phenoxy) is 2. The third-order valence-electron chi connectivity index (χ3n) is 2.92. The summed E-state index contributed by atoms with van der Waals surface area (Å²) in [6, 6.07) is 17.9. The highest BCUT2D eigenvalue weighted by Crippen LogP contribution is 2.29.